The number of aryl methyl sites for hydroxylation is 1. The average Bonchev–Trinajstić information content (AvgIpc) is 3.33. The number of primary amides is 1. The van der Waals surface area contributed by atoms with E-state index in [0.29, 0.717) is 11.3 Å². The summed E-state index contributed by atoms with van der Waals surface area (Å²) in [7, 11) is 0. The number of anilines is 2. The third kappa shape index (κ3) is 6.15. The normalized spacial score (nSPS) is 11.7. The lowest BCUT2D eigenvalue weighted by Crippen LogP contribution is -2.44. The predicted molar refractivity (Wildman–Crippen MR) is 155 cm³/mol. The van der Waals surface area contributed by atoms with Crippen molar-refractivity contribution in [3.63, 3.8) is 0 Å². The molecule has 0 radical (unpaired) electrons. The molecular weight excluding hydrogens is 510 g/mol. The highest BCUT2D eigenvalue weighted by atomic mass is 32.1. The first-order valence-electron chi connectivity index (χ1n) is 12.5. The maximum atomic E-state index is 14.2. The van der Waals surface area contributed by atoms with Crippen LogP contribution in [-0.4, -0.2) is 22.1 Å². The van der Waals surface area contributed by atoms with E-state index >= 15 is 0 Å². The maximum Gasteiger partial charge on any atom is 0.273 e. The molecule has 4 aromatic rings. The lowest BCUT2D eigenvalue weighted by atomic mass is 9.99. The Hall–Kier alpha value is -4.50. The van der Waals surface area contributed by atoms with E-state index in [2.05, 4.69) is 23.5 Å². The number of nitrogens with two attached hydrogens (primary N) is 2. The minimum atomic E-state index is -1.04. The van der Waals surface area contributed by atoms with E-state index in [1.54, 1.807) is 0 Å². The van der Waals surface area contributed by atoms with Gasteiger partial charge in [-0.1, -0.05) is 86.1 Å². The van der Waals surface area contributed by atoms with Crippen molar-refractivity contribution in [1.29, 1.82) is 0 Å². The molecular formula is C30H31N5O3S. The van der Waals surface area contributed by atoms with E-state index in [1.165, 1.54) is 4.90 Å². The number of hydrogen-bond donors (Lipinski definition) is 3. The van der Waals surface area contributed by atoms with Crippen LogP contribution in [0.25, 0.3) is 0 Å². The molecule has 5 N–H and O–H groups in total. The van der Waals surface area contributed by atoms with E-state index in [-0.39, 0.29) is 34.6 Å². The van der Waals surface area contributed by atoms with Crippen LogP contribution in [0.3, 0.4) is 0 Å². The standard InChI is InChI=1S/C30H31N5O3S/c1-18(2)21-13-15-23(16-14-21)35(30(38)27-24(31)25(28(32)36)34-39-27)26(22-11-9-19(3)10-12-22)29(37)33-17-20-7-5-4-6-8-20/h4-16,18,26H,17,31H2,1-3H3,(H2,32,36)(H,33,37)/t26-/m1/s1. The Morgan fingerprint density at radius 2 is 1.54 bits per heavy atom. The highest BCUT2D eigenvalue weighted by Gasteiger charge is 2.36. The maximum absolute atomic E-state index is 14.2. The van der Waals surface area contributed by atoms with Gasteiger partial charge in [0.25, 0.3) is 11.8 Å². The number of carbonyl (C=O) groups excluding carboxylic acids is 3. The van der Waals surface area contributed by atoms with Crippen LogP contribution in [0.15, 0.2) is 78.9 Å². The van der Waals surface area contributed by atoms with Crippen LogP contribution >= 0.6 is 11.5 Å². The Balaban J connectivity index is 1.83. The highest BCUT2D eigenvalue weighted by Crippen LogP contribution is 2.34. The minimum absolute atomic E-state index is 0.0321. The Morgan fingerprint density at radius 3 is 2.10 bits per heavy atom. The minimum Gasteiger partial charge on any atom is -0.395 e. The molecule has 0 aliphatic carbocycles. The van der Waals surface area contributed by atoms with Gasteiger partial charge in [-0.2, -0.15) is 4.37 Å². The molecule has 1 aromatic heterocycles. The molecule has 0 aliphatic heterocycles. The summed E-state index contributed by atoms with van der Waals surface area (Å²) in [5.41, 5.74) is 15.4. The van der Waals surface area contributed by atoms with Gasteiger partial charge in [0.15, 0.2) is 5.69 Å². The van der Waals surface area contributed by atoms with Crippen molar-refractivity contribution < 1.29 is 14.4 Å². The van der Waals surface area contributed by atoms with Gasteiger partial charge >= 0.3 is 0 Å². The fraction of sp³-hybridized carbons (Fsp3) is 0.200. The SMILES string of the molecule is Cc1ccc([C@H](C(=O)NCc2ccccc2)N(C(=O)c2snc(C(N)=O)c2N)c2ccc(C(C)C)cc2)cc1. The van der Waals surface area contributed by atoms with Gasteiger partial charge in [-0.3, -0.25) is 19.3 Å². The number of nitrogens with zero attached hydrogens (tertiary/aromatic N) is 2. The quantitative estimate of drug-likeness (QED) is 0.276. The first-order chi connectivity index (χ1) is 18.7. The molecule has 4 rings (SSSR count). The predicted octanol–water partition coefficient (Wildman–Crippen LogP) is 4.96. The second-order valence-corrected chi connectivity index (χ2v) is 10.3. The number of benzene rings is 3. The summed E-state index contributed by atoms with van der Waals surface area (Å²) in [6, 6.07) is 23.4. The van der Waals surface area contributed by atoms with Crippen molar-refractivity contribution in [2.75, 3.05) is 10.6 Å². The molecule has 0 saturated carbocycles. The van der Waals surface area contributed by atoms with Gasteiger partial charge in [0.2, 0.25) is 5.91 Å². The number of amides is 3. The second kappa shape index (κ2) is 11.9. The van der Waals surface area contributed by atoms with E-state index < -0.39 is 17.9 Å². The molecule has 3 aromatic carbocycles. The van der Waals surface area contributed by atoms with Gasteiger partial charge < -0.3 is 16.8 Å². The van der Waals surface area contributed by atoms with E-state index in [0.717, 1.165) is 28.2 Å². The lowest BCUT2D eigenvalue weighted by Gasteiger charge is -2.31. The Kier molecular flexibility index (Phi) is 8.41. The summed E-state index contributed by atoms with van der Waals surface area (Å²) in [4.78, 5) is 41.3. The summed E-state index contributed by atoms with van der Waals surface area (Å²) in [5.74, 6) is -1.48. The number of rotatable bonds is 9. The molecule has 1 atom stereocenters. The fourth-order valence-electron chi connectivity index (χ4n) is 4.19. The van der Waals surface area contributed by atoms with Crippen LogP contribution < -0.4 is 21.7 Å². The van der Waals surface area contributed by atoms with Crippen LogP contribution in [-0.2, 0) is 11.3 Å². The summed E-state index contributed by atoms with van der Waals surface area (Å²) < 4.78 is 4.01. The summed E-state index contributed by atoms with van der Waals surface area (Å²) in [6.45, 7) is 6.39. The van der Waals surface area contributed by atoms with Gasteiger partial charge in [-0.15, -0.1) is 0 Å². The largest absolute Gasteiger partial charge is 0.395 e. The van der Waals surface area contributed by atoms with Crippen LogP contribution in [0, 0.1) is 6.92 Å². The fourth-order valence-corrected chi connectivity index (χ4v) is 4.93. The Bertz CT molecular complexity index is 1460. The molecule has 0 fully saturated rings. The van der Waals surface area contributed by atoms with E-state index in [9.17, 15) is 14.4 Å². The lowest BCUT2D eigenvalue weighted by molar-refractivity contribution is -0.122. The second-order valence-electron chi connectivity index (χ2n) is 9.58. The molecule has 8 nitrogen and oxygen atoms in total. The highest BCUT2D eigenvalue weighted by molar-refractivity contribution is 7.09. The first kappa shape index (κ1) is 27.5. The number of nitrogens with one attached hydrogen (secondary N) is 1. The van der Waals surface area contributed by atoms with Crippen LogP contribution in [0.2, 0.25) is 0 Å². The average molecular weight is 542 g/mol. The van der Waals surface area contributed by atoms with Gasteiger partial charge in [-0.25, -0.2) is 0 Å². The topological polar surface area (TPSA) is 131 Å². The molecule has 3 amide bonds. The number of carbonyl (C=O) groups is 3. The van der Waals surface area contributed by atoms with Gasteiger partial charge in [-0.05, 0) is 53.2 Å². The monoisotopic (exact) mass is 541 g/mol. The molecule has 0 spiro atoms. The molecule has 9 heteroatoms. The van der Waals surface area contributed by atoms with Crippen molar-refractivity contribution in [1.82, 2.24) is 9.69 Å². The Labute approximate surface area is 231 Å². The molecule has 0 unspecified atom stereocenters. The number of nitrogen functional groups attached to an aromatic ring is 1. The van der Waals surface area contributed by atoms with Crippen LogP contribution in [0.5, 0.6) is 0 Å². The summed E-state index contributed by atoms with van der Waals surface area (Å²) >= 11 is 0.782. The van der Waals surface area contributed by atoms with Gasteiger partial charge in [0.1, 0.15) is 10.9 Å². The number of hydrogen-bond acceptors (Lipinski definition) is 6. The molecule has 0 bridgehead atoms. The Morgan fingerprint density at radius 1 is 0.923 bits per heavy atom. The smallest absolute Gasteiger partial charge is 0.273 e. The van der Waals surface area contributed by atoms with E-state index in [1.807, 2.05) is 85.8 Å². The summed E-state index contributed by atoms with van der Waals surface area (Å²) in [5, 5.41) is 2.99. The van der Waals surface area contributed by atoms with Gasteiger partial charge in [0, 0.05) is 12.2 Å². The van der Waals surface area contributed by atoms with Crippen molar-refractivity contribution in [2.45, 2.75) is 39.3 Å². The third-order valence-corrected chi connectivity index (χ3v) is 7.27. The molecule has 0 saturated heterocycles. The number of aromatic nitrogens is 1. The molecule has 200 valence electrons. The first-order valence-corrected chi connectivity index (χ1v) is 13.3. The molecule has 39 heavy (non-hydrogen) atoms. The van der Waals surface area contributed by atoms with Crippen LogP contribution in [0.1, 0.15) is 68.2 Å². The zero-order valence-corrected chi connectivity index (χ0v) is 22.9. The van der Waals surface area contributed by atoms with Crippen molar-refractivity contribution in [2.24, 2.45) is 5.73 Å². The van der Waals surface area contributed by atoms with E-state index in [4.69, 9.17) is 11.5 Å². The zero-order chi connectivity index (χ0) is 28.1. The molecule has 1 heterocycles. The molecule has 0 aliphatic rings. The van der Waals surface area contributed by atoms with Crippen LogP contribution in [0.4, 0.5) is 11.4 Å². The summed E-state index contributed by atoms with van der Waals surface area (Å²) in [6.07, 6.45) is 0. The van der Waals surface area contributed by atoms with Gasteiger partial charge in [0.05, 0.1) is 5.69 Å². The van der Waals surface area contributed by atoms with Crippen molar-refractivity contribution in [3.8, 4) is 0 Å². The van der Waals surface area contributed by atoms with Crippen molar-refractivity contribution in [3.05, 3.63) is 112 Å². The third-order valence-electron chi connectivity index (χ3n) is 6.42. The zero-order valence-electron chi connectivity index (χ0n) is 22.0. The van der Waals surface area contributed by atoms with Crippen molar-refractivity contribution >= 4 is 40.6 Å².